The van der Waals surface area contributed by atoms with Crippen molar-refractivity contribution in [1.29, 1.82) is 0 Å². The van der Waals surface area contributed by atoms with E-state index >= 15 is 0 Å². The first-order chi connectivity index (χ1) is 27.2. The molecule has 0 aromatic rings. The monoisotopic (exact) mass is 795 g/mol. The highest BCUT2D eigenvalue weighted by Gasteiger charge is 2.20. The number of carbonyl (C=O) groups excluding carboxylic acids is 4. The first-order valence-corrected chi connectivity index (χ1v) is 23.2. The van der Waals surface area contributed by atoms with Crippen molar-refractivity contribution in [2.45, 2.75) is 214 Å². The first-order valence-electron chi connectivity index (χ1n) is 23.2. The topological polar surface area (TPSA) is 149 Å². The molecule has 5 N–H and O–H groups in total. The van der Waals surface area contributed by atoms with Crippen LogP contribution < -0.4 is 21.7 Å². The zero-order valence-electron chi connectivity index (χ0n) is 37.2. The molecule has 2 atom stereocenters. The molecule has 0 aliphatic heterocycles. The average Bonchev–Trinajstić information content (AvgIpc) is 3.17. The largest absolute Gasteiger partial charge is 0.465 e. The molecule has 0 saturated heterocycles. The fourth-order valence-electron chi connectivity index (χ4n) is 6.60. The Morgan fingerprint density at radius 3 is 1.41 bits per heavy atom. The molecule has 0 saturated carbocycles. The molecule has 10 heteroatoms. The Morgan fingerprint density at radius 2 is 0.911 bits per heavy atom. The molecule has 0 radical (unpaired) electrons. The molecule has 0 aromatic carbocycles. The molecule has 0 aromatic heterocycles. The molecule has 2 unspecified atom stereocenters. The van der Waals surface area contributed by atoms with Gasteiger partial charge in [-0.25, -0.2) is 0 Å². The fraction of sp³-hybridized carbons (Fsp3) is 0.870. The summed E-state index contributed by atoms with van der Waals surface area (Å²) in [4.78, 5) is 49.4. The van der Waals surface area contributed by atoms with Gasteiger partial charge >= 0.3 is 11.9 Å². The van der Waals surface area contributed by atoms with Crippen LogP contribution in [-0.2, 0) is 28.7 Å². The summed E-state index contributed by atoms with van der Waals surface area (Å²) in [6, 6.07) is 0. The number of ether oxygens (including phenoxy) is 2. The van der Waals surface area contributed by atoms with Crippen molar-refractivity contribution in [3.05, 3.63) is 12.4 Å². The van der Waals surface area contributed by atoms with Crippen LogP contribution in [0, 0.1) is 11.8 Å². The normalized spacial score (nSPS) is 11.8. The maximum absolute atomic E-state index is 12.8. The molecule has 10 nitrogen and oxygen atoms in total. The predicted molar refractivity (Wildman–Crippen MR) is 234 cm³/mol. The lowest BCUT2D eigenvalue weighted by Gasteiger charge is -2.16. The molecule has 0 heterocycles. The Bertz CT molecular complexity index is 947. The van der Waals surface area contributed by atoms with Crippen LogP contribution in [0.4, 0.5) is 0 Å². The van der Waals surface area contributed by atoms with E-state index in [9.17, 15) is 19.2 Å². The molecule has 330 valence electrons. The van der Waals surface area contributed by atoms with E-state index in [1.54, 1.807) is 0 Å². The molecule has 0 rings (SSSR count). The Balaban J connectivity index is 0. The zero-order valence-corrected chi connectivity index (χ0v) is 37.2. The Kier molecular flexibility index (Phi) is 42.8. The number of amides is 2. The van der Waals surface area contributed by atoms with Crippen LogP contribution in [0.15, 0.2) is 12.4 Å². The van der Waals surface area contributed by atoms with Gasteiger partial charge in [0.25, 0.3) is 0 Å². The summed E-state index contributed by atoms with van der Waals surface area (Å²) in [6.07, 6.45) is 29.1. The van der Waals surface area contributed by atoms with E-state index in [1.807, 2.05) is 6.92 Å². The molecule has 2 amide bonds. The number of esters is 2. The van der Waals surface area contributed by atoms with Crippen molar-refractivity contribution in [2.75, 3.05) is 32.8 Å². The maximum atomic E-state index is 12.8. The van der Waals surface area contributed by atoms with E-state index in [2.05, 4.69) is 50.2 Å². The van der Waals surface area contributed by atoms with E-state index in [0.717, 1.165) is 122 Å². The minimum absolute atomic E-state index is 0.00453. The zero-order chi connectivity index (χ0) is 41.9. The number of nitrogens with two attached hydrogens (primary N) is 1. The average molecular weight is 795 g/mol. The smallest absolute Gasteiger partial charge is 0.308 e. The molecule has 0 spiro atoms. The van der Waals surface area contributed by atoms with Crippen LogP contribution in [0.5, 0.6) is 0 Å². The van der Waals surface area contributed by atoms with Crippen LogP contribution in [0.1, 0.15) is 214 Å². The molecule has 0 fully saturated rings. The molecule has 56 heavy (non-hydrogen) atoms. The number of nitrogens with one attached hydrogen (secondary N) is 3. The molecule has 0 aliphatic rings. The SMILES string of the molecule is C=C(N)NCC.CCCCCCCCC(CCCCCC)C(=O)OCCCCCCCCNC(=O)CNC(=O)CCCCCOC(=O)C(CCC)CCCCC. The number of hydrogen-bond acceptors (Lipinski definition) is 8. The van der Waals surface area contributed by atoms with Gasteiger partial charge in [0, 0.05) is 19.5 Å². The lowest BCUT2D eigenvalue weighted by atomic mass is 9.94. The highest BCUT2D eigenvalue weighted by Crippen LogP contribution is 2.21. The van der Waals surface area contributed by atoms with Crippen LogP contribution >= 0.6 is 0 Å². The molecule has 0 bridgehead atoms. The van der Waals surface area contributed by atoms with Gasteiger partial charge in [-0.3, -0.25) is 19.2 Å². The van der Waals surface area contributed by atoms with E-state index < -0.39 is 0 Å². The van der Waals surface area contributed by atoms with E-state index in [-0.39, 0.29) is 42.1 Å². The maximum Gasteiger partial charge on any atom is 0.308 e. The number of carbonyl (C=O) groups is 4. The summed E-state index contributed by atoms with van der Waals surface area (Å²) in [5.74, 6) is 0.286. The first kappa shape index (κ1) is 55.3. The Morgan fingerprint density at radius 1 is 0.482 bits per heavy atom. The van der Waals surface area contributed by atoms with Gasteiger partial charge in [0.1, 0.15) is 0 Å². The highest BCUT2D eigenvalue weighted by molar-refractivity contribution is 5.84. The third-order valence-electron chi connectivity index (χ3n) is 10.1. The van der Waals surface area contributed by atoms with Crippen molar-refractivity contribution in [2.24, 2.45) is 17.6 Å². The molecular weight excluding hydrogens is 705 g/mol. The standard InChI is InChI=1S/C42H80N2O6.C4H10N2/c1-5-9-12-14-17-23-31-38(30-22-13-10-6-2)42(48)50-34-26-19-16-15-18-25-33-43-40(46)36-44-39(45)32-24-20-27-35-49-41(47)37(28-8-4)29-21-11-7-3;1-3-6-4(2)5/h37-38H,5-36H2,1-4H3,(H,43,46)(H,44,45);6H,2-3,5H2,1H3. The second-order valence-electron chi connectivity index (χ2n) is 15.5. The van der Waals surface area contributed by atoms with Crippen molar-refractivity contribution < 1.29 is 28.7 Å². The Labute approximate surface area is 344 Å². The van der Waals surface area contributed by atoms with Crippen molar-refractivity contribution in [1.82, 2.24) is 16.0 Å². The molecule has 0 aliphatic carbocycles. The van der Waals surface area contributed by atoms with E-state index in [0.29, 0.717) is 38.4 Å². The summed E-state index contributed by atoms with van der Waals surface area (Å²) in [6.45, 7) is 16.5. The van der Waals surface area contributed by atoms with Gasteiger partial charge in [-0.1, -0.05) is 150 Å². The third-order valence-corrected chi connectivity index (χ3v) is 10.1. The van der Waals surface area contributed by atoms with Crippen LogP contribution in [0.3, 0.4) is 0 Å². The van der Waals surface area contributed by atoms with Crippen molar-refractivity contribution in [3.8, 4) is 0 Å². The number of rotatable bonds is 39. The number of hydrogen-bond donors (Lipinski definition) is 4. The fourth-order valence-corrected chi connectivity index (χ4v) is 6.60. The van der Waals surface area contributed by atoms with Crippen LogP contribution in [0.25, 0.3) is 0 Å². The molecular formula is C46H90N4O6. The van der Waals surface area contributed by atoms with Crippen LogP contribution in [0.2, 0.25) is 0 Å². The van der Waals surface area contributed by atoms with Crippen LogP contribution in [-0.4, -0.2) is 56.6 Å². The highest BCUT2D eigenvalue weighted by atomic mass is 16.5. The quantitative estimate of drug-likeness (QED) is 0.0355. The summed E-state index contributed by atoms with van der Waals surface area (Å²) in [7, 11) is 0. The third kappa shape index (κ3) is 39.5. The lowest BCUT2D eigenvalue weighted by Crippen LogP contribution is -2.37. The van der Waals surface area contributed by atoms with E-state index in [1.165, 1.54) is 51.4 Å². The van der Waals surface area contributed by atoms with Gasteiger partial charge in [-0.15, -0.1) is 0 Å². The van der Waals surface area contributed by atoms with Crippen molar-refractivity contribution >= 4 is 23.8 Å². The second-order valence-corrected chi connectivity index (χ2v) is 15.5. The lowest BCUT2D eigenvalue weighted by molar-refractivity contribution is -0.150. The Hall–Kier alpha value is -2.78. The minimum atomic E-state index is -0.159. The van der Waals surface area contributed by atoms with Gasteiger partial charge < -0.3 is 31.2 Å². The minimum Gasteiger partial charge on any atom is -0.465 e. The number of unbranched alkanes of at least 4 members (excludes halogenated alkanes) is 17. The summed E-state index contributed by atoms with van der Waals surface area (Å²) in [5, 5.41) is 8.38. The summed E-state index contributed by atoms with van der Waals surface area (Å²) < 4.78 is 11.2. The predicted octanol–water partition coefficient (Wildman–Crippen LogP) is 10.6. The van der Waals surface area contributed by atoms with Crippen molar-refractivity contribution in [3.63, 3.8) is 0 Å². The summed E-state index contributed by atoms with van der Waals surface area (Å²) >= 11 is 0. The van der Waals surface area contributed by atoms with Gasteiger partial charge in [0.15, 0.2) is 0 Å². The van der Waals surface area contributed by atoms with Gasteiger partial charge in [-0.2, -0.15) is 0 Å². The van der Waals surface area contributed by atoms with Gasteiger partial charge in [0.05, 0.1) is 37.4 Å². The van der Waals surface area contributed by atoms with E-state index in [4.69, 9.17) is 15.2 Å². The van der Waals surface area contributed by atoms with Gasteiger partial charge in [0.2, 0.25) is 11.8 Å². The second kappa shape index (κ2) is 43.3. The van der Waals surface area contributed by atoms with Gasteiger partial charge in [-0.05, 0) is 64.7 Å². The summed E-state index contributed by atoms with van der Waals surface area (Å²) in [5.41, 5.74) is 5.10.